The Morgan fingerprint density at radius 2 is 2.06 bits per heavy atom. The number of nitrogens with zero attached hydrogens (tertiary/aromatic N) is 2. The Labute approximate surface area is 196 Å². The molecule has 0 unspecified atom stereocenters. The van der Waals surface area contributed by atoms with Crippen molar-refractivity contribution in [2.24, 2.45) is 0 Å². The van der Waals surface area contributed by atoms with Crippen LogP contribution in [0, 0.1) is 0 Å². The highest BCUT2D eigenvalue weighted by atomic mass is 35.5. The Morgan fingerprint density at radius 1 is 1.24 bits per heavy atom. The van der Waals surface area contributed by atoms with Crippen LogP contribution in [0.4, 0.5) is 11.5 Å². The maximum Gasteiger partial charge on any atom is 0.261 e. The number of Topliss-reactive ketones (excluding diaryl/α,β-unsaturated/α-hetero) is 1. The van der Waals surface area contributed by atoms with E-state index in [2.05, 4.69) is 15.7 Å². The van der Waals surface area contributed by atoms with E-state index >= 15 is 0 Å². The molecule has 5 rings (SSSR count). The van der Waals surface area contributed by atoms with E-state index in [-0.39, 0.29) is 11.7 Å². The molecule has 0 saturated heterocycles. The maximum absolute atomic E-state index is 13.1. The third-order valence-electron chi connectivity index (χ3n) is 5.87. The van der Waals surface area contributed by atoms with Gasteiger partial charge in [0.05, 0.1) is 12.8 Å². The smallest absolute Gasteiger partial charge is 0.261 e. The summed E-state index contributed by atoms with van der Waals surface area (Å²) >= 11 is 6.26. The second-order valence-electron chi connectivity index (χ2n) is 8.01. The molecule has 0 radical (unpaired) electrons. The number of carbonyl (C=O) groups excluding carboxylic acids is 2. The van der Waals surface area contributed by atoms with E-state index in [1.807, 2.05) is 37.3 Å². The lowest BCUT2D eigenvalue weighted by atomic mass is 9.85. The van der Waals surface area contributed by atoms with Crippen LogP contribution < -0.4 is 15.4 Å². The van der Waals surface area contributed by atoms with Gasteiger partial charge in [0.2, 0.25) is 0 Å². The minimum Gasteiger partial charge on any atom is -0.494 e. The summed E-state index contributed by atoms with van der Waals surface area (Å²) in [5.41, 5.74) is 3.45. The summed E-state index contributed by atoms with van der Waals surface area (Å²) < 4.78 is 7.16. The summed E-state index contributed by atoms with van der Waals surface area (Å²) in [6.45, 7) is 2.50. The molecule has 2 aliphatic rings. The zero-order chi connectivity index (χ0) is 22.9. The summed E-state index contributed by atoms with van der Waals surface area (Å²) in [5, 5.41) is 11.3. The molecule has 1 aromatic heterocycles. The molecule has 0 saturated carbocycles. The lowest BCUT2D eigenvalue weighted by Crippen LogP contribution is -2.32. The molecule has 2 aromatic carbocycles. The number of benzene rings is 2. The number of hydrogen-bond acceptors (Lipinski definition) is 5. The van der Waals surface area contributed by atoms with Gasteiger partial charge in [-0.25, -0.2) is 4.68 Å². The van der Waals surface area contributed by atoms with E-state index in [1.54, 1.807) is 22.9 Å². The van der Waals surface area contributed by atoms with E-state index in [0.717, 1.165) is 29.9 Å². The number of hydrogen-bond donors (Lipinski definition) is 2. The predicted octanol–water partition coefficient (Wildman–Crippen LogP) is 5.21. The summed E-state index contributed by atoms with van der Waals surface area (Å²) in [6.07, 6.45) is 3.55. The number of ketones is 1. The van der Waals surface area contributed by atoms with Crippen LogP contribution in [0.2, 0.25) is 5.02 Å². The third kappa shape index (κ3) is 4.00. The van der Waals surface area contributed by atoms with Crippen molar-refractivity contribution in [1.82, 2.24) is 9.78 Å². The average Bonchev–Trinajstić information content (AvgIpc) is 3.23. The third-order valence-corrected chi connectivity index (χ3v) is 6.11. The normalized spacial score (nSPS) is 17.2. The minimum absolute atomic E-state index is 0.0928. The Bertz CT molecular complexity index is 1260. The highest BCUT2D eigenvalue weighted by Gasteiger charge is 2.37. The fraction of sp³-hybridized carbons (Fsp3) is 0.240. The second kappa shape index (κ2) is 8.75. The molecule has 2 heterocycles. The monoisotopic (exact) mass is 462 g/mol. The van der Waals surface area contributed by atoms with Gasteiger partial charge in [-0.15, -0.1) is 0 Å². The average molecular weight is 463 g/mol. The number of ether oxygens (including phenoxy) is 1. The number of nitrogens with one attached hydrogen (secondary N) is 2. The predicted molar refractivity (Wildman–Crippen MR) is 127 cm³/mol. The summed E-state index contributed by atoms with van der Waals surface area (Å²) in [4.78, 5) is 26.0. The van der Waals surface area contributed by atoms with Gasteiger partial charge in [-0.1, -0.05) is 23.7 Å². The van der Waals surface area contributed by atoms with Gasteiger partial charge in [-0.05, 0) is 61.7 Å². The quantitative estimate of drug-likeness (QED) is 0.543. The maximum atomic E-state index is 13.1. The van der Waals surface area contributed by atoms with Crippen LogP contribution in [0.1, 0.15) is 48.1 Å². The Hall–Kier alpha value is -3.58. The fourth-order valence-corrected chi connectivity index (χ4v) is 4.61. The zero-order valence-electron chi connectivity index (χ0n) is 18.1. The highest BCUT2D eigenvalue weighted by Crippen LogP contribution is 2.42. The van der Waals surface area contributed by atoms with Crippen LogP contribution in [0.15, 0.2) is 66.0 Å². The molecular formula is C25H23ClN4O3. The molecule has 1 amide bonds. The number of amides is 1. The summed E-state index contributed by atoms with van der Waals surface area (Å²) in [6, 6.07) is 14.2. The van der Waals surface area contributed by atoms with Gasteiger partial charge in [0.1, 0.15) is 23.2 Å². The van der Waals surface area contributed by atoms with E-state index in [9.17, 15) is 9.59 Å². The van der Waals surface area contributed by atoms with Crippen LogP contribution in [-0.2, 0) is 4.79 Å². The van der Waals surface area contributed by atoms with Crippen LogP contribution in [0.3, 0.4) is 0 Å². The Kier molecular flexibility index (Phi) is 5.64. The summed E-state index contributed by atoms with van der Waals surface area (Å²) in [7, 11) is 0. The van der Waals surface area contributed by atoms with E-state index in [4.69, 9.17) is 16.3 Å². The molecule has 1 aliphatic heterocycles. The first-order chi connectivity index (χ1) is 16.0. The van der Waals surface area contributed by atoms with E-state index in [1.165, 1.54) is 6.20 Å². The largest absolute Gasteiger partial charge is 0.494 e. The van der Waals surface area contributed by atoms with Crippen molar-refractivity contribution < 1.29 is 14.3 Å². The van der Waals surface area contributed by atoms with Gasteiger partial charge >= 0.3 is 0 Å². The molecule has 168 valence electrons. The molecule has 7 nitrogen and oxygen atoms in total. The highest BCUT2D eigenvalue weighted by molar-refractivity contribution is 6.30. The van der Waals surface area contributed by atoms with Gasteiger partial charge < -0.3 is 15.4 Å². The van der Waals surface area contributed by atoms with Crippen LogP contribution in [-0.4, -0.2) is 28.1 Å². The van der Waals surface area contributed by atoms with Gasteiger partial charge in [0, 0.05) is 28.4 Å². The number of halogens is 1. The molecule has 33 heavy (non-hydrogen) atoms. The van der Waals surface area contributed by atoms with Gasteiger partial charge in [-0.2, -0.15) is 5.10 Å². The number of aromatic nitrogens is 2. The molecule has 2 N–H and O–H groups in total. The first-order valence-electron chi connectivity index (χ1n) is 11.0. The van der Waals surface area contributed by atoms with Crippen molar-refractivity contribution in [3.63, 3.8) is 0 Å². The lowest BCUT2D eigenvalue weighted by Gasteiger charge is -2.33. The standard InChI is InChI=1S/C25H23ClN4O3/c1-2-33-18-11-9-17(10-12-18)28-25(32)19-14-27-30-23(15-5-3-6-16(26)13-15)22-20(29-24(19)30)7-4-8-21(22)31/h3,5-6,9-14,23,29H,2,4,7-8H2,1H3,(H,28,32)/t23-/m0/s1. The molecule has 0 fully saturated rings. The first kappa shape index (κ1) is 21.3. The SMILES string of the molecule is CCOc1ccc(NC(=O)c2cnn3c2NC2=C(C(=O)CCC2)[C@@H]3c2cccc(Cl)c2)cc1. The molecule has 8 heteroatoms. The number of allylic oxidation sites excluding steroid dienone is 2. The molecular weight excluding hydrogens is 440 g/mol. The van der Waals surface area contributed by atoms with Crippen LogP contribution in [0.25, 0.3) is 0 Å². The van der Waals surface area contributed by atoms with E-state index < -0.39 is 6.04 Å². The van der Waals surface area contributed by atoms with Gasteiger partial charge in [0.25, 0.3) is 5.91 Å². The lowest BCUT2D eigenvalue weighted by molar-refractivity contribution is -0.116. The number of fused-ring (bicyclic) bond motifs is 1. The Balaban J connectivity index is 1.51. The van der Waals surface area contributed by atoms with Crippen molar-refractivity contribution in [2.45, 2.75) is 32.2 Å². The summed E-state index contributed by atoms with van der Waals surface area (Å²) in [5.74, 6) is 1.11. The zero-order valence-corrected chi connectivity index (χ0v) is 18.9. The number of anilines is 2. The molecule has 1 aliphatic carbocycles. The minimum atomic E-state index is -0.435. The van der Waals surface area contributed by atoms with Crippen molar-refractivity contribution in [1.29, 1.82) is 0 Å². The first-order valence-corrected chi connectivity index (χ1v) is 11.3. The topological polar surface area (TPSA) is 85.2 Å². The molecule has 0 spiro atoms. The second-order valence-corrected chi connectivity index (χ2v) is 8.45. The van der Waals surface area contributed by atoms with Crippen molar-refractivity contribution in [2.75, 3.05) is 17.2 Å². The van der Waals surface area contributed by atoms with Gasteiger partial charge in [-0.3, -0.25) is 9.59 Å². The number of carbonyl (C=O) groups is 2. The Morgan fingerprint density at radius 3 is 2.82 bits per heavy atom. The fourth-order valence-electron chi connectivity index (χ4n) is 4.41. The van der Waals surface area contributed by atoms with Crippen LogP contribution >= 0.6 is 11.6 Å². The van der Waals surface area contributed by atoms with Crippen molar-refractivity contribution >= 4 is 34.8 Å². The van der Waals surface area contributed by atoms with Crippen molar-refractivity contribution in [3.8, 4) is 5.75 Å². The van der Waals surface area contributed by atoms with Gasteiger partial charge in [0.15, 0.2) is 5.78 Å². The van der Waals surface area contributed by atoms with Crippen molar-refractivity contribution in [3.05, 3.63) is 82.1 Å². The van der Waals surface area contributed by atoms with E-state index in [0.29, 0.717) is 40.7 Å². The molecule has 1 atom stereocenters. The molecule has 3 aromatic rings. The van der Waals surface area contributed by atoms with Crippen LogP contribution in [0.5, 0.6) is 5.75 Å². The number of rotatable bonds is 5. The molecule has 0 bridgehead atoms.